The summed E-state index contributed by atoms with van der Waals surface area (Å²) in [6, 6.07) is 0. The highest BCUT2D eigenvalue weighted by molar-refractivity contribution is 7.51. The van der Waals surface area contributed by atoms with E-state index in [2.05, 4.69) is 5.32 Å². The summed E-state index contributed by atoms with van der Waals surface area (Å²) in [4.78, 5) is 27.5. The summed E-state index contributed by atoms with van der Waals surface area (Å²) < 4.78 is 10.3. The van der Waals surface area contributed by atoms with Gasteiger partial charge in [0.2, 0.25) is 5.91 Å². The molecule has 78 valence electrons. The minimum absolute atomic E-state index is 0.133. The molecule has 7 nitrogen and oxygen atoms in total. The zero-order chi connectivity index (χ0) is 10.5. The number of hydrogen-bond donors (Lipinski definition) is 4. The van der Waals surface area contributed by atoms with E-state index in [1.807, 2.05) is 0 Å². The van der Waals surface area contributed by atoms with E-state index in [4.69, 9.17) is 15.0 Å². The second-order valence-corrected chi connectivity index (χ2v) is 4.02. The first-order valence-corrected chi connectivity index (χ1v) is 5.41. The molecular weight excluding hydrogens is 199 g/mol. The average Bonchev–Trinajstić information content (AvgIpc) is 2.00. The molecule has 0 fully saturated rings. The number of carbonyl (C=O) groups is 1. The lowest BCUT2D eigenvalue weighted by atomic mass is 10.4. The molecular formula is C5H13N2O5P. The maximum Gasteiger partial charge on any atom is 0.339 e. The molecule has 0 saturated carbocycles. The van der Waals surface area contributed by atoms with Crippen LogP contribution in [-0.2, 0) is 9.36 Å². The lowest BCUT2D eigenvalue weighted by molar-refractivity contribution is -0.166. The van der Waals surface area contributed by atoms with Gasteiger partial charge in [-0.3, -0.25) is 19.9 Å². The van der Waals surface area contributed by atoms with Crippen molar-refractivity contribution in [1.82, 2.24) is 10.4 Å². The molecule has 1 amide bonds. The molecule has 0 aromatic carbocycles. The van der Waals surface area contributed by atoms with Crippen LogP contribution in [-0.4, -0.2) is 38.9 Å². The van der Waals surface area contributed by atoms with E-state index < -0.39 is 19.8 Å². The number of amides is 1. The van der Waals surface area contributed by atoms with Crippen molar-refractivity contribution in [1.29, 1.82) is 0 Å². The van der Waals surface area contributed by atoms with E-state index in [1.54, 1.807) is 6.92 Å². The van der Waals surface area contributed by atoms with Gasteiger partial charge in [0.1, 0.15) is 6.29 Å². The quantitative estimate of drug-likeness (QED) is 0.207. The van der Waals surface area contributed by atoms with Crippen LogP contribution in [0.15, 0.2) is 0 Å². The number of hydroxylamine groups is 2. The fourth-order valence-corrected chi connectivity index (χ4v) is 0.964. The van der Waals surface area contributed by atoms with E-state index in [0.29, 0.717) is 5.06 Å². The number of carbonyl (C=O) groups excluding carboxylic acids is 1. The zero-order valence-electron chi connectivity index (χ0n) is 7.17. The Kier molecular flexibility index (Phi) is 5.12. The summed E-state index contributed by atoms with van der Waals surface area (Å²) >= 11 is 0. The molecule has 0 aliphatic carbocycles. The third-order valence-electron chi connectivity index (χ3n) is 1.17. The van der Waals surface area contributed by atoms with Crippen molar-refractivity contribution in [3.8, 4) is 0 Å². The van der Waals surface area contributed by atoms with Gasteiger partial charge in [-0.1, -0.05) is 6.92 Å². The molecule has 0 aliphatic rings. The molecule has 0 radical (unpaired) electrons. The van der Waals surface area contributed by atoms with Gasteiger partial charge in [-0.25, -0.2) is 5.06 Å². The fourth-order valence-electron chi connectivity index (χ4n) is 0.572. The van der Waals surface area contributed by atoms with Crippen LogP contribution in [0.25, 0.3) is 0 Å². The summed E-state index contributed by atoms with van der Waals surface area (Å²) in [5.74, 6) is -0.516. The molecule has 0 unspecified atom stereocenters. The Hall–Kier alpha value is -0.460. The van der Waals surface area contributed by atoms with Crippen LogP contribution in [0.2, 0.25) is 0 Å². The van der Waals surface area contributed by atoms with Crippen LogP contribution >= 0.6 is 7.60 Å². The molecule has 4 N–H and O–H groups in total. The van der Waals surface area contributed by atoms with E-state index >= 15 is 0 Å². The first-order chi connectivity index (χ1) is 5.87. The smallest absolute Gasteiger partial charge is 0.324 e. The molecule has 0 atom stereocenters. The van der Waals surface area contributed by atoms with Crippen molar-refractivity contribution in [2.24, 2.45) is 0 Å². The third-order valence-corrected chi connectivity index (χ3v) is 1.81. The van der Waals surface area contributed by atoms with Gasteiger partial charge < -0.3 is 9.79 Å². The molecule has 0 spiro atoms. The second-order valence-electron chi connectivity index (χ2n) is 2.38. The van der Waals surface area contributed by atoms with Gasteiger partial charge in [0.15, 0.2) is 0 Å². The number of rotatable bonds is 5. The topological polar surface area (TPSA) is 110 Å². The highest BCUT2D eigenvalue weighted by atomic mass is 31.2. The molecule has 0 aromatic rings. The predicted octanol–water partition coefficient (Wildman–Crippen LogP) is -0.704. The monoisotopic (exact) mass is 212 g/mol. The Morgan fingerprint density at radius 3 is 2.46 bits per heavy atom. The van der Waals surface area contributed by atoms with E-state index in [-0.39, 0.29) is 13.1 Å². The lowest BCUT2D eigenvalue weighted by Gasteiger charge is -2.14. The van der Waals surface area contributed by atoms with Crippen LogP contribution < -0.4 is 5.32 Å². The summed E-state index contributed by atoms with van der Waals surface area (Å²) in [6.45, 7) is 1.27. The van der Waals surface area contributed by atoms with Crippen LogP contribution in [0, 0.1) is 0 Å². The molecule has 0 aliphatic heterocycles. The van der Waals surface area contributed by atoms with Crippen molar-refractivity contribution in [2.45, 2.75) is 13.3 Å². The minimum Gasteiger partial charge on any atom is -0.324 e. The maximum absolute atomic E-state index is 10.7. The Morgan fingerprint density at radius 1 is 1.54 bits per heavy atom. The number of hydrogen-bond acceptors (Lipinski definition) is 4. The minimum atomic E-state index is -4.12. The molecule has 0 rings (SSSR count). The lowest BCUT2D eigenvalue weighted by Crippen LogP contribution is -2.36. The van der Waals surface area contributed by atoms with E-state index in [1.165, 1.54) is 0 Å². The summed E-state index contributed by atoms with van der Waals surface area (Å²) in [5.41, 5.74) is 0. The van der Waals surface area contributed by atoms with Gasteiger partial charge in [0, 0.05) is 6.42 Å². The van der Waals surface area contributed by atoms with E-state index in [9.17, 15) is 9.36 Å². The van der Waals surface area contributed by atoms with Crippen LogP contribution in [0.5, 0.6) is 0 Å². The highest BCUT2D eigenvalue weighted by Crippen LogP contribution is 2.31. The van der Waals surface area contributed by atoms with Gasteiger partial charge in [-0.2, -0.15) is 0 Å². The Bertz CT molecular complexity index is 215. The van der Waals surface area contributed by atoms with Gasteiger partial charge in [0.25, 0.3) is 0 Å². The van der Waals surface area contributed by atoms with Crippen molar-refractivity contribution >= 4 is 13.5 Å². The molecule has 0 aromatic heterocycles. The van der Waals surface area contributed by atoms with Crippen molar-refractivity contribution < 1.29 is 24.4 Å². The zero-order valence-corrected chi connectivity index (χ0v) is 8.07. The molecule has 8 heteroatoms. The SMILES string of the molecule is CCC(=O)N(O)CNCP(=O)(O)O. The standard InChI is InChI=1S/C5H13N2O5P/c1-2-5(8)7(9)3-6-4-13(10,11)12/h6,9H,2-4H2,1H3,(H2,10,11,12). The average molecular weight is 212 g/mol. The predicted molar refractivity (Wildman–Crippen MR) is 43.8 cm³/mol. The molecule has 0 bridgehead atoms. The van der Waals surface area contributed by atoms with Crippen LogP contribution in [0.1, 0.15) is 13.3 Å². The largest absolute Gasteiger partial charge is 0.339 e. The number of nitrogens with one attached hydrogen (secondary N) is 1. The summed E-state index contributed by atoms with van der Waals surface area (Å²) in [5, 5.41) is 11.5. The van der Waals surface area contributed by atoms with Gasteiger partial charge in [0.05, 0.1) is 6.67 Å². The van der Waals surface area contributed by atoms with Crippen molar-refractivity contribution in [3.05, 3.63) is 0 Å². The maximum atomic E-state index is 10.7. The summed E-state index contributed by atoms with van der Waals surface area (Å²) in [6.07, 6.45) is -0.435. The summed E-state index contributed by atoms with van der Waals surface area (Å²) in [7, 11) is -4.12. The van der Waals surface area contributed by atoms with Gasteiger partial charge in [-0.15, -0.1) is 0 Å². The third kappa shape index (κ3) is 6.68. The first-order valence-electron chi connectivity index (χ1n) is 3.61. The Labute approximate surface area is 75.5 Å². The first kappa shape index (κ1) is 12.5. The second kappa shape index (κ2) is 5.31. The normalized spacial score (nSPS) is 11.4. The van der Waals surface area contributed by atoms with E-state index in [0.717, 1.165) is 0 Å². The molecule has 0 saturated heterocycles. The number of nitrogens with zero attached hydrogens (tertiary/aromatic N) is 1. The highest BCUT2D eigenvalue weighted by Gasteiger charge is 2.13. The Morgan fingerprint density at radius 2 is 2.08 bits per heavy atom. The van der Waals surface area contributed by atoms with Crippen molar-refractivity contribution in [2.75, 3.05) is 13.0 Å². The fraction of sp³-hybridized carbons (Fsp3) is 0.800. The van der Waals surface area contributed by atoms with Crippen molar-refractivity contribution in [3.63, 3.8) is 0 Å². The Balaban J connectivity index is 3.66. The molecule has 13 heavy (non-hydrogen) atoms. The molecule has 0 heterocycles. The van der Waals surface area contributed by atoms with Gasteiger partial charge in [-0.05, 0) is 0 Å². The van der Waals surface area contributed by atoms with Crippen LogP contribution in [0.3, 0.4) is 0 Å². The van der Waals surface area contributed by atoms with Gasteiger partial charge >= 0.3 is 7.60 Å². The van der Waals surface area contributed by atoms with Crippen LogP contribution in [0.4, 0.5) is 0 Å².